The van der Waals surface area contributed by atoms with Crippen LogP contribution in [0.5, 0.6) is 0 Å². The number of cyclic esters (lactones) is 1. The molecule has 2 aromatic rings. The van der Waals surface area contributed by atoms with Crippen LogP contribution in [-0.4, -0.2) is 35.0 Å². The number of benzene rings is 2. The van der Waals surface area contributed by atoms with E-state index in [1.165, 1.54) is 0 Å². The molecule has 1 heterocycles. The highest BCUT2D eigenvalue weighted by atomic mass is 16.6. The van der Waals surface area contributed by atoms with E-state index in [4.69, 9.17) is 9.47 Å². The molecule has 3 atom stereocenters. The zero-order chi connectivity index (χ0) is 18.1. The van der Waals surface area contributed by atoms with Gasteiger partial charge < -0.3 is 9.47 Å². The lowest BCUT2D eigenvalue weighted by Crippen LogP contribution is -2.67. The second-order valence-electron chi connectivity index (χ2n) is 6.94. The van der Waals surface area contributed by atoms with Crippen LogP contribution in [0.2, 0.25) is 0 Å². The number of nitrogens with zero attached hydrogens (tertiary/aromatic N) is 1. The first-order chi connectivity index (χ1) is 12.6. The molecule has 5 heteroatoms. The molecule has 2 aliphatic rings. The molecule has 0 bridgehead atoms. The van der Waals surface area contributed by atoms with Gasteiger partial charge in [0, 0.05) is 6.42 Å². The van der Waals surface area contributed by atoms with Gasteiger partial charge in [-0.15, -0.1) is 0 Å². The summed E-state index contributed by atoms with van der Waals surface area (Å²) in [5.41, 5.74) is 0.991. The van der Waals surface area contributed by atoms with E-state index < -0.39 is 5.60 Å². The van der Waals surface area contributed by atoms with Crippen LogP contribution < -0.4 is 0 Å². The van der Waals surface area contributed by atoms with Crippen molar-refractivity contribution in [2.75, 3.05) is 6.61 Å². The van der Waals surface area contributed by atoms with E-state index in [2.05, 4.69) is 0 Å². The van der Waals surface area contributed by atoms with Crippen LogP contribution in [0.4, 0.5) is 4.79 Å². The normalized spacial score (nSPS) is 28.0. The lowest BCUT2D eigenvalue weighted by atomic mass is 9.73. The maximum absolute atomic E-state index is 12.4. The van der Waals surface area contributed by atoms with E-state index in [1.807, 2.05) is 60.7 Å². The van der Waals surface area contributed by atoms with Gasteiger partial charge in [0.1, 0.15) is 12.2 Å². The van der Waals surface area contributed by atoms with Crippen molar-refractivity contribution < 1.29 is 19.1 Å². The van der Waals surface area contributed by atoms with Gasteiger partial charge in [-0.2, -0.15) is 0 Å². The monoisotopic (exact) mass is 351 g/mol. The van der Waals surface area contributed by atoms with Crippen LogP contribution in [0.1, 0.15) is 30.5 Å². The highest BCUT2D eigenvalue weighted by Crippen LogP contribution is 2.43. The van der Waals surface area contributed by atoms with Crippen molar-refractivity contribution in [3.63, 3.8) is 0 Å². The average Bonchev–Trinajstić information content (AvgIpc) is 3.06. The molecule has 1 saturated heterocycles. The van der Waals surface area contributed by atoms with Crippen molar-refractivity contribution in [2.45, 2.75) is 37.6 Å². The minimum absolute atomic E-state index is 0.0185. The quantitative estimate of drug-likeness (QED) is 0.827. The van der Waals surface area contributed by atoms with Crippen molar-refractivity contribution in [3.8, 4) is 0 Å². The predicted molar refractivity (Wildman–Crippen MR) is 95.4 cm³/mol. The van der Waals surface area contributed by atoms with E-state index in [9.17, 15) is 9.59 Å². The van der Waals surface area contributed by atoms with E-state index in [0.717, 1.165) is 11.1 Å². The van der Waals surface area contributed by atoms with E-state index >= 15 is 0 Å². The molecule has 0 N–H and O–H groups in total. The van der Waals surface area contributed by atoms with Crippen LogP contribution in [0.15, 0.2) is 60.7 Å². The Balaban J connectivity index is 1.55. The molecule has 134 valence electrons. The Morgan fingerprint density at radius 2 is 1.73 bits per heavy atom. The summed E-state index contributed by atoms with van der Waals surface area (Å²) in [6.45, 7) is 2.40. The molecule has 0 aromatic heterocycles. The van der Waals surface area contributed by atoms with Crippen LogP contribution in [-0.2, 0) is 20.9 Å². The molecule has 1 saturated carbocycles. The second kappa shape index (κ2) is 6.57. The lowest BCUT2D eigenvalue weighted by molar-refractivity contribution is -0.176. The Morgan fingerprint density at radius 1 is 1.08 bits per heavy atom. The van der Waals surface area contributed by atoms with Gasteiger partial charge in [-0.25, -0.2) is 4.79 Å². The van der Waals surface area contributed by atoms with Gasteiger partial charge in [-0.3, -0.25) is 9.69 Å². The summed E-state index contributed by atoms with van der Waals surface area (Å²) in [7, 11) is 0. The Morgan fingerprint density at radius 3 is 2.38 bits per heavy atom. The van der Waals surface area contributed by atoms with Gasteiger partial charge in [0.15, 0.2) is 5.78 Å². The van der Waals surface area contributed by atoms with E-state index in [0.29, 0.717) is 19.6 Å². The van der Waals surface area contributed by atoms with Crippen molar-refractivity contribution in [1.29, 1.82) is 0 Å². The molecular weight excluding hydrogens is 330 g/mol. The Labute approximate surface area is 152 Å². The molecule has 1 aliphatic heterocycles. The number of ketones is 1. The standard InChI is InChI=1S/C21H21NO4/c1-21(26-13-15-8-4-2-5-9-15)18(12-19(21)23)22-17(14-25-20(22)24)16-10-6-3-7-11-16/h2-11,17-18H,12-14H2,1H3/t17-,18+,21-/m1/s1. The van der Waals surface area contributed by atoms with Crippen LogP contribution in [0.3, 0.4) is 0 Å². The SMILES string of the molecule is C[C@]1(OCc2ccccc2)C(=O)C[C@@H]1N1C(=O)OC[C@@H]1c1ccccc1. The zero-order valence-corrected chi connectivity index (χ0v) is 14.6. The topological polar surface area (TPSA) is 55.8 Å². The zero-order valence-electron chi connectivity index (χ0n) is 14.6. The number of hydrogen-bond acceptors (Lipinski definition) is 4. The number of Topliss-reactive ketones (excluding diaryl/α,β-unsaturated/α-hetero) is 1. The highest BCUT2D eigenvalue weighted by Gasteiger charge is 2.59. The summed E-state index contributed by atoms with van der Waals surface area (Å²) in [6, 6.07) is 19.0. The number of carbonyl (C=O) groups excluding carboxylic acids is 2. The first-order valence-corrected chi connectivity index (χ1v) is 8.81. The third-order valence-corrected chi connectivity index (χ3v) is 5.38. The molecular formula is C21H21NO4. The van der Waals surface area contributed by atoms with E-state index in [1.54, 1.807) is 11.8 Å². The summed E-state index contributed by atoms with van der Waals surface area (Å²) < 4.78 is 11.3. The third kappa shape index (κ3) is 2.78. The average molecular weight is 351 g/mol. The van der Waals surface area contributed by atoms with Gasteiger partial charge in [0.25, 0.3) is 0 Å². The van der Waals surface area contributed by atoms with Crippen molar-refractivity contribution in [1.82, 2.24) is 4.90 Å². The molecule has 2 fully saturated rings. The number of carbonyl (C=O) groups is 2. The maximum Gasteiger partial charge on any atom is 0.410 e. The fourth-order valence-corrected chi connectivity index (χ4v) is 3.68. The molecule has 1 amide bonds. The molecule has 4 rings (SSSR count). The van der Waals surface area contributed by atoms with Crippen LogP contribution >= 0.6 is 0 Å². The Kier molecular flexibility index (Phi) is 4.24. The molecule has 0 spiro atoms. The molecule has 26 heavy (non-hydrogen) atoms. The first-order valence-electron chi connectivity index (χ1n) is 8.81. The molecule has 0 unspecified atom stereocenters. The van der Waals surface area contributed by atoms with Gasteiger partial charge in [0.2, 0.25) is 0 Å². The maximum atomic E-state index is 12.4. The minimum atomic E-state index is -1.01. The number of ether oxygens (including phenoxy) is 2. The fourth-order valence-electron chi connectivity index (χ4n) is 3.68. The minimum Gasteiger partial charge on any atom is -0.447 e. The summed E-state index contributed by atoms with van der Waals surface area (Å²) >= 11 is 0. The smallest absolute Gasteiger partial charge is 0.410 e. The first kappa shape index (κ1) is 16.8. The summed E-state index contributed by atoms with van der Waals surface area (Å²) in [4.78, 5) is 26.5. The predicted octanol–water partition coefficient (Wildman–Crippen LogP) is 3.50. The Hall–Kier alpha value is -2.66. The summed E-state index contributed by atoms with van der Waals surface area (Å²) in [5, 5.41) is 0. The fraction of sp³-hybridized carbons (Fsp3) is 0.333. The highest BCUT2D eigenvalue weighted by molar-refractivity contribution is 5.96. The molecule has 0 radical (unpaired) electrons. The summed E-state index contributed by atoms with van der Waals surface area (Å²) in [5.74, 6) is 0.0185. The number of hydrogen-bond donors (Lipinski definition) is 0. The van der Waals surface area contributed by atoms with Gasteiger partial charge in [-0.1, -0.05) is 60.7 Å². The van der Waals surface area contributed by atoms with E-state index in [-0.39, 0.29) is 24.0 Å². The summed E-state index contributed by atoms with van der Waals surface area (Å²) in [6.07, 6.45) is -0.0881. The van der Waals surface area contributed by atoms with Crippen molar-refractivity contribution >= 4 is 11.9 Å². The third-order valence-electron chi connectivity index (χ3n) is 5.38. The van der Waals surface area contributed by atoms with Gasteiger partial charge in [-0.05, 0) is 18.1 Å². The van der Waals surface area contributed by atoms with Crippen LogP contribution in [0.25, 0.3) is 0 Å². The number of rotatable bonds is 5. The lowest BCUT2D eigenvalue weighted by Gasteiger charge is -2.49. The van der Waals surface area contributed by atoms with Crippen LogP contribution in [0, 0.1) is 0 Å². The largest absolute Gasteiger partial charge is 0.447 e. The Bertz CT molecular complexity index is 807. The molecule has 1 aliphatic carbocycles. The van der Waals surface area contributed by atoms with Crippen molar-refractivity contribution in [3.05, 3.63) is 71.8 Å². The van der Waals surface area contributed by atoms with Gasteiger partial charge in [0.05, 0.1) is 18.7 Å². The molecule has 2 aromatic carbocycles. The second-order valence-corrected chi connectivity index (χ2v) is 6.94. The number of amides is 1. The molecule has 5 nitrogen and oxygen atoms in total. The van der Waals surface area contributed by atoms with Gasteiger partial charge >= 0.3 is 6.09 Å². The van der Waals surface area contributed by atoms with Crippen molar-refractivity contribution in [2.24, 2.45) is 0 Å².